The van der Waals surface area contributed by atoms with Crippen LogP contribution in [0, 0.1) is 0 Å². The van der Waals surface area contributed by atoms with Crippen LogP contribution in [0.3, 0.4) is 0 Å². The van der Waals surface area contributed by atoms with Crippen LogP contribution in [0.15, 0.2) is 29.1 Å². The van der Waals surface area contributed by atoms with Crippen molar-refractivity contribution in [3.05, 3.63) is 34.6 Å². The predicted molar refractivity (Wildman–Crippen MR) is 57.6 cm³/mol. The Morgan fingerprint density at radius 3 is 2.86 bits per heavy atom. The van der Waals surface area contributed by atoms with Crippen molar-refractivity contribution < 1.29 is 0 Å². The van der Waals surface area contributed by atoms with Crippen molar-refractivity contribution in [1.82, 2.24) is 9.78 Å². The van der Waals surface area contributed by atoms with Crippen LogP contribution in [0.5, 0.6) is 0 Å². The molecule has 14 heavy (non-hydrogen) atoms. The highest BCUT2D eigenvalue weighted by Gasteiger charge is 2.08. The minimum absolute atomic E-state index is 0.000833. The lowest BCUT2D eigenvalue weighted by Crippen LogP contribution is -2.09. The van der Waals surface area contributed by atoms with Crippen LogP contribution >= 0.6 is 0 Å². The SMILES string of the molecule is CCC(C)n1[nH]c(=O)c2ccccc21. The maximum Gasteiger partial charge on any atom is 0.271 e. The zero-order valence-corrected chi connectivity index (χ0v) is 8.45. The number of nitrogens with one attached hydrogen (secondary N) is 1. The molecule has 0 spiro atoms. The van der Waals surface area contributed by atoms with Crippen molar-refractivity contribution in [3.63, 3.8) is 0 Å². The summed E-state index contributed by atoms with van der Waals surface area (Å²) >= 11 is 0. The van der Waals surface area contributed by atoms with Gasteiger partial charge in [0, 0.05) is 6.04 Å². The molecule has 0 aliphatic heterocycles. The minimum Gasteiger partial charge on any atom is -0.282 e. The first-order valence-corrected chi connectivity index (χ1v) is 4.93. The van der Waals surface area contributed by atoms with E-state index in [0.717, 1.165) is 17.3 Å². The second kappa shape index (κ2) is 3.33. The molecule has 0 saturated heterocycles. The number of aromatic amines is 1. The molecular formula is C11H14N2O. The molecule has 1 unspecified atom stereocenters. The number of H-pyrrole nitrogens is 1. The lowest BCUT2D eigenvalue weighted by molar-refractivity contribution is 0.490. The Kier molecular flexibility index (Phi) is 2.15. The fourth-order valence-electron chi connectivity index (χ4n) is 1.64. The van der Waals surface area contributed by atoms with Crippen LogP contribution in [0.1, 0.15) is 26.3 Å². The summed E-state index contributed by atoms with van der Waals surface area (Å²) < 4.78 is 1.94. The summed E-state index contributed by atoms with van der Waals surface area (Å²) in [5.41, 5.74) is 0.993. The van der Waals surface area contributed by atoms with Gasteiger partial charge in [-0.15, -0.1) is 0 Å². The molecule has 2 aromatic rings. The van der Waals surface area contributed by atoms with E-state index in [9.17, 15) is 4.79 Å². The minimum atomic E-state index is 0.000833. The molecule has 1 atom stereocenters. The smallest absolute Gasteiger partial charge is 0.271 e. The molecule has 3 nitrogen and oxygen atoms in total. The standard InChI is InChI=1S/C11H14N2O/c1-3-8(2)13-10-7-5-4-6-9(10)11(14)12-13/h4-8H,3H2,1-2H3,(H,12,14). The summed E-state index contributed by atoms with van der Waals surface area (Å²) in [4.78, 5) is 11.5. The third-order valence-corrected chi connectivity index (χ3v) is 2.66. The van der Waals surface area contributed by atoms with Gasteiger partial charge in [0.1, 0.15) is 0 Å². The lowest BCUT2D eigenvalue weighted by Gasteiger charge is -2.11. The van der Waals surface area contributed by atoms with Crippen molar-refractivity contribution in [2.45, 2.75) is 26.3 Å². The molecule has 0 bridgehead atoms. The summed E-state index contributed by atoms with van der Waals surface area (Å²) in [6.45, 7) is 4.21. The van der Waals surface area contributed by atoms with Crippen LogP contribution < -0.4 is 5.56 Å². The Morgan fingerprint density at radius 2 is 2.14 bits per heavy atom. The summed E-state index contributed by atoms with van der Waals surface area (Å²) in [5, 5.41) is 3.64. The van der Waals surface area contributed by atoms with Crippen molar-refractivity contribution in [1.29, 1.82) is 0 Å². The monoisotopic (exact) mass is 190 g/mol. The van der Waals surface area contributed by atoms with E-state index < -0.39 is 0 Å². The van der Waals surface area contributed by atoms with E-state index in [-0.39, 0.29) is 5.56 Å². The van der Waals surface area contributed by atoms with Gasteiger partial charge in [-0.25, -0.2) is 0 Å². The molecule has 1 aromatic carbocycles. The van der Waals surface area contributed by atoms with Gasteiger partial charge < -0.3 is 0 Å². The maximum absolute atomic E-state index is 11.5. The first kappa shape index (κ1) is 9.06. The Balaban J connectivity index is 2.73. The number of fused-ring (bicyclic) bond motifs is 1. The highest BCUT2D eigenvalue weighted by atomic mass is 16.1. The summed E-state index contributed by atoms with van der Waals surface area (Å²) in [6.07, 6.45) is 1.01. The molecule has 0 saturated carbocycles. The molecule has 3 heteroatoms. The molecule has 1 heterocycles. The zero-order valence-electron chi connectivity index (χ0n) is 8.45. The predicted octanol–water partition coefficient (Wildman–Crippen LogP) is 2.30. The van der Waals surface area contributed by atoms with Crippen molar-refractivity contribution in [2.75, 3.05) is 0 Å². The van der Waals surface area contributed by atoms with E-state index in [1.165, 1.54) is 0 Å². The third kappa shape index (κ3) is 1.25. The number of para-hydroxylation sites is 1. The molecule has 1 N–H and O–H groups in total. The number of benzene rings is 1. The summed E-state index contributed by atoms with van der Waals surface area (Å²) in [7, 11) is 0. The van der Waals surface area contributed by atoms with Crippen molar-refractivity contribution in [2.24, 2.45) is 0 Å². The van der Waals surface area contributed by atoms with E-state index in [1.807, 2.05) is 28.9 Å². The Labute approximate surface area is 82.3 Å². The second-order valence-corrected chi connectivity index (χ2v) is 3.59. The third-order valence-electron chi connectivity index (χ3n) is 2.66. The number of nitrogens with zero attached hydrogens (tertiary/aromatic N) is 1. The normalized spacial score (nSPS) is 13.3. The van der Waals surface area contributed by atoms with Gasteiger partial charge in [0.05, 0.1) is 10.9 Å². The van der Waals surface area contributed by atoms with E-state index in [4.69, 9.17) is 0 Å². The molecule has 1 aromatic heterocycles. The van der Waals surface area contributed by atoms with Gasteiger partial charge in [-0.1, -0.05) is 19.1 Å². The summed E-state index contributed by atoms with van der Waals surface area (Å²) in [5.74, 6) is 0. The average Bonchev–Trinajstić information content (AvgIpc) is 2.56. The zero-order chi connectivity index (χ0) is 10.1. The Bertz CT molecular complexity index is 495. The molecule has 2 rings (SSSR count). The highest BCUT2D eigenvalue weighted by Crippen LogP contribution is 2.15. The second-order valence-electron chi connectivity index (χ2n) is 3.59. The van der Waals surface area contributed by atoms with Crippen LogP contribution in [0.4, 0.5) is 0 Å². The van der Waals surface area contributed by atoms with Gasteiger partial charge in [0.2, 0.25) is 0 Å². The van der Waals surface area contributed by atoms with Gasteiger partial charge >= 0.3 is 0 Å². The van der Waals surface area contributed by atoms with E-state index in [0.29, 0.717) is 6.04 Å². The van der Waals surface area contributed by atoms with Gasteiger partial charge in [-0.05, 0) is 25.5 Å². The fraction of sp³-hybridized carbons (Fsp3) is 0.364. The van der Waals surface area contributed by atoms with E-state index >= 15 is 0 Å². The number of aromatic nitrogens is 2. The van der Waals surface area contributed by atoms with Crippen LogP contribution in [0.2, 0.25) is 0 Å². The van der Waals surface area contributed by atoms with Gasteiger partial charge in [0.25, 0.3) is 5.56 Å². The first-order valence-electron chi connectivity index (χ1n) is 4.93. The lowest BCUT2D eigenvalue weighted by atomic mass is 10.2. The first-order chi connectivity index (χ1) is 6.74. The van der Waals surface area contributed by atoms with E-state index in [1.54, 1.807) is 0 Å². The highest BCUT2D eigenvalue weighted by molar-refractivity contribution is 5.78. The van der Waals surface area contributed by atoms with Crippen LogP contribution in [-0.4, -0.2) is 9.78 Å². The number of hydrogen-bond acceptors (Lipinski definition) is 1. The molecule has 0 aliphatic carbocycles. The Morgan fingerprint density at radius 1 is 1.43 bits per heavy atom. The van der Waals surface area contributed by atoms with Gasteiger partial charge in [-0.2, -0.15) is 0 Å². The molecular weight excluding hydrogens is 176 g/mol. The van der Waals surface area contributed by atoms with Crippen molar-refractivity contribution >= 4 is 10.9 Å². The van der Waals surface area contributed by atoms with Crippen molar-refractivity contribution in [3.8, 4) is 0 Å². The molecule has 0 fully saturated rings. The largest absolute Gasteiger partial charge is 0.282 e. The quantitative estimate of drug-likeness (QED) is 0.775. The van der Waals surface area contributed by atoms with Gasteiger partial charge in [-0.3, -0.25) is 14.6 Å². The van der Waals surface area contributed by atoms with Crippen LogP contribution in [0.25, 0.3) is 10.9 Å². The van der Waals surface area contributed by atoms with E-state index in [2.05, 4.69) is 18.9 Å². The molecule has 0 aliphatic rings. The topological polar surface area (TPSA) is 37.8 Å². The average molecular weight is 190 g/mol. The molecule has 0 radical (unpaired) electrons. The van der Waals surface area contributed by atoms with Crippen LogP contribution in [-0.2, 0) is 0 Å². The molecule has 74 valence electrons. The number of hydrogen-bond donors (Lipinski definition) is 1. The fourth-order valence-corrected chi connectivity index (χ4v) is 1.64. The maximum atomic E-state index is 11.5. The van der Waals surface area contributed by atoms with Gasteiger partial charge in [0.15, 0.2) is 0 Å². The molecule has 0 amide bonds. The summed E-state index contributed by atoms with van der Waals surface area (Å²) in [6, 6.07) is 8.00. The Hall–Kier alpha value is -1.51. The number of rotatable bonds is 2.